The van der Waals surface area contributed by atoms with E-state index in [1.165, 1.54) is 11.6 Å². The zero-order chi connectivity index (χ0) is 12.8. The van der Waals surface area contributed by atoms with Gasteiger partial charge in [0.15, 0.2) is 0 Å². The lowest BCUT2D eigenvalue weighted by Gasteiger charge is -2.22. The zero-order valence-electron chi connectivity index (χ0n) is 11.4. The maximum atomic E-state index is 13.2. The highest BCUT2D eigenvalue weighted by Gasteiger charge is 2.13. The molecular weight excluding hydrogens is 213 g/mol. The summed E-state index contributed by atoms with van der Waals surface area (Å²) in [5.41, 5.74) is 2.31. The minimum atomic E-state index is -0.132. The fourth-order valence-electron chi connectivity index (χ4n) is 1.96. The molecule has 0 amide bonds. The van der Waals surface area contributed by atoms with Crippen LogP contribution >= 0.6 is 0 Å². The van der Waals surface area contributed by atoms with Crippen molar-refractivity contribution < 1.29 is 4.39 Å². The molecule has 0 spiro atoms. The van der Waals surface area contributed by atoms with Crippen molar-refractivity contribution in [2.24, 2.45) is 5.92 Å². The Bertz CT molecular complexity index is 349. The van der Waals surface area contributed by atoms with Crippen LogP contribution in [0.15, 0.2) is 18.2 Å². The largest absolute Gasteiger partial charge is 0.314 e. The van der Waals surface area contributed by atoms with Crippen molar-refractivity contribution in [2.45, 2.75) is 46.6 Å². The molecule has 1 nitrogen and oxygen atoms in total. The van der Waals surface area contributed by atoms with Gasteiger partial charge in [-0.1, -0.05) is 19.9 Å². The minimum Gasteiger partial charge on any atom is -0.314 e. The Morgan fingerprint density at radius 2 is 2.00 bits per heavy atom. The van der Waals surface area contributed by atoms with Gasteiger partial charge in [0.25, 0.3) is 0 Å². The third-order valence-corrected chi connectivity index (χ3v) is 3.42. The molecule has 1 aromatic rings. The van der Waals surface area contributed by atoms with Crippen molar-refractivity contribution in [2.75, 3.05) is 6.54 Å². The number of benzene rings is 1. The van der Waals surface area contributed by atoms with Crippen LogP contribution in [-0.4, -0.2) is 12.6 Å². The molecule has 0 heterocycles. The van der Waals surface area contributed by atoms with Crippen LogP contribution in [0.3, 0.4) is 0 Å². The molecule has 0 saturated heterocycles. The number of halogens is 1. The zero-order valence-corrected chi connectivity index (χ0v) is 11.4. The Hall–Kier alpha value is -0.890. The fraction of sp³-hybridized carbons (Fsp3) is 0.600. The Morgan fingerprint density at radius 1 is 1.29 bits per heavy atom. The van der Waals surface area contributed by atoms with Crippen LogP contribution < -0.4 is 5.32 Å². The second-order valence-electron chi connectivity index (χ2n) is 5.00. The molecule has 1 rings (SSSR count). The first-order valence-corrected chi connectivity index (χ1v) is 6.53. The molecule has 1 N–H and O–H groups in total. The monoisotopic (exact) mass is 237 g/mol. The standard InChI is InChI=1S/C15H24FN/c1-5-8-17-13(4)12(3)9-14-10-15(16)7-6-11(14)2/h6-7,10,12-13,17H,5,8-9H2,1-4H3. The summed E-state index contributed by atoms with van der Waals surface area (Å²) in [4.78, 5) is 0. The summed E-state index contributed by atoms with van der Waals surface area (Å²) >= 11 is 0. The Kier molecular flexibility index (Phi) is 5.63. The molecular formula is C15H24FN. The molecule has 96 valence electrons. The van der Waals surface area contributed by atoms with Crippen LogP contribution in [0.4, 0.5) is 4.39 Å². The maximum Gasteiger partial charge on any atom is 0.123 e. The van der Waals surface area contributed by atoms with Crippen molar-refractivity contribution in [3.05, 3.63) is 35.1 Å². The van der Waals surface area contributed by atoms with Gasteiger partial charge in [-0.05, 0) is 62.4 Å². The van der Waals surface area contributed by atoms with Crippen LogP contribution in [0, 0.1) is 18.7 Å². The van der Waals surface area contributed by atoms with Gasteiger partial charge < -0.3 is 5.32 Å². The van der Waals surface area contributed by atoms with Gasteiger partial charge in [-0.25, -0.2) is 4.39 Å². The average molecular weight is 237 g/mol. The topological polar surface area (TPSA) is 12.0 Å². The van der Waals surface area contributed by atoms with Crippen LogP contribution in [0.25, 0.3) is 0 Å². The molecule has 17 heavy (non-hydrogen) atoms. The van der Waals surface area contributed by atoms with E-state index in [0.29, 0.717) is 12.0 Å². The van der Waals surface area contributed by atoms with Crippen molar-refractivity contribution >= 4 is 0 Å². The van der Waals surface area contributed by atoms with Crippen molar-refractivity contribution in [1.82, 2.24) is 5.32 Å². The van der Waals surface area contributed by atoms with Gasteiger partial charge >= 0.3 is 0 Å². The van der Waals surface area contributed by atoms with E-state index in [4.69, 9.17) is 0 Å². The summed E-state index contributed by atoms with van der Waals surface area (Å²) < 4.78 is 13.2. The van der Waals surface area contributed by atoms with Crippen molar-refractivity contribution in [3.63, 3.8) is 0 Å². The first kappa shape index (κ1) is 14.2. The van der Waals surface area contributed by atoms with Crippen LogP contribution in [0.5, 0.6) is 0 Å². The van der Waals surface area contributed by atoms with E-state index < -0.39 is 0 Å². The molecule has 0 aliphatic heterocycles. The molecule has 0 aliphatic rings. The van der Waals surface area contributed by atoms with E-state index in [1.54, 1.807) is 6.07 Å². The minimum absolute atomic E-state index is 0.132. The summed E-state index contributed by atoms with van der Waals surface area (Å²) in [7, 11) is 0. The van der Waals surface area contributed by atoms with Crippen molar-refractivity contribution in [1.29, 1.82) is 0 Å². The highest BCUT2D eigenvalue weighted by atomic mass is 19.1. The Labute approximate surface area is 104 Å². The molecule has 1 aromatic carbocycles. The summed E-state index contributed by atoms with van der Waals surface area (Å²) in [5.74, 6) is 0.383. The van der Waals surface area contributed by atoms with Gasteiger partial charge in [0.2, 0.25) is 0 Å². The maximum absolute atomic E-state index is 13.2. The first-order valence-electron chi connectivity index (χ1n) is 6.53. The number of aryl methyl sites for hydroxylation is 1. The molecule has 2 atom stereocenters. The van der Waals surface area contributed by atoms with E-state index in [0.717, 1.165) is 24.9 Å². The van der Waals surface area contributed by atoms with Gasteiger partial charge in [-0.3, -0.25) is 0 Å². The highest BCUT2D eigenvalue weighted by Crippen LogP contribution is 2.17. The normalized spacial score (nSPS) is 14.6. The summed E-state index contributed by atoms with van der Waals surface area (Å²) in [5, 5.41) is 3.49. The van der Waals surface area contributed by atoms with E-state index in [1.807, 2.05) is 13.0 Å². The Balaban J connectivity index is 2.60. The predicted molar refractivity (Wildman–Crippen MR) is 71.8 cm³/mol. The van der Waals surface area contributed by atoms with E-state index in [2.05, 4.69) is 26.1 Å². The third kappa shape index (κ3) is 4.47. The molecule has 0 radical (unpaired) electrons. The second kappa shape index (κ2) is 6.75. The number of hydrogen-bond acceptors (Lipinski definition) is 1. The van der Waals surface area contributed by atoms with Crippen LogP contribution in [0.1, 0.15) is 38.3 Å². The number of nitrogens with one attached hydrogen (secondary N) is 1. The lowest BCUT2D eigenvalue weighted by atomic mass is 9.92. The van der Waals surface area contributed by atoms with Gasteiger partial charge in [0, 0.05) is 6.04 Å². The second-order valence-corrected chi connectivity index (χ2v) is 5.00. The van der Waals surface area contributed by atoms with Gasteiger partial charge in [0.1, 0.15) is 5.82 Å². The smallest absolute Gasteiger partial charge is 0.123 e. The molecule has 0 bridgehead atoms. The lowest BCUT2D eigenvalue weighted by molar-refractivity contribution is 0.398. The molecule has 0 aromatic heterocycles. The average Bonchev–Trinajstić information content (AvgIpc) is 2.30. The fourth-order valence-corrected chi connectivity index (χ4v) is 1.96. The van der Waals surface area contributed by atoms with E-state index >= 15 is 0 Å². The number of rotatable bonds is 6. The van der Waals surface area contributed by atoms with E-state index in [-0.39, 0.29) is 5.82 Å². The molecule has 0 aliphatic carbocycles. The lowest BCUT2D eigenvalue weighted by Crippen LogP contribution is -2.33. The molecule has 0 fully saturated rings. The molecule has 2 heteroatoms. The first-order chi connectivity index (χ1) is 8.04. The summed E-state index contributed by atoms with van der Waals surface area (Å²) in [6.45, 7) is 9.69. The number of hydrogen-bond donors (Lipinski definition) is 1. The van der Waals surface area contributed by atoms with Crippen LogP contribution in [0.2, 0.25) is 0 Å². The molecule has 2 unspecified atom stereocenters. The van der Waals surface area contributed by atoms with Gasteiger partial charge in [-0.15, -0.1) is 0 Å². The van der Waals surface area contributed by atoms with Crippen LogP contribution in [-0.2, 0) is 6.42 Å². The molecule has 0 saturated carbocycles. The SMILES string of the molecule is CCCNC(C)C(C)Cc1cc(F)ccc1C. The Morgan fingerprint density at radius 3 is 2.65 bits per heavy atom. The van der Waals surface area contributed by atoms with Crippen molar-refractivity contribution in [3.8, 4) is 0 Å². The predicted octanol–water partition coefficient (Wildman–Crippen LogP) is 3.70. The van der Waals surface area contributed by atoms with Gasteiger partial charge in [0.05, 0.1) is 0 Å². The van der Waals surface area contributed by atoms with E-state index in [9.17, 15) is 4.39 Å². The third-order valence-electron chi connectivity index (χ3n) is 3.42. The highest BCUT2D eigenvalue weighted by molar-refractivity contribution is 5.27. The summed E-state index contributed by atoms with van der Waals surface area (Å²) in [6.07, 6.45) is 2.08. The van der Waals surface area contributed by atoms with Gasteiger partial charge in [-0.2, -0.15) is 0 Å². The summed E-state index contributed by atoms with van der Waals surface area (Å²) in [6, 6.07) is 5.53. The quantitative estimate of drug-likeness (QED) is 0.795.